The van der Waals surface area contributed by atoms with Gasteiger partial charge in [0.15, 0.2) is 0 Å². The van der Waals surface area contributed by atoms with Crippen LogP contribution in [-0.4, -0.2) is 38.1 Å². The average molecular weight is 184 g/mol. The van der Waals surface area contributed by atoms with Crippen LogP contribution in [0.25, 0.3) is 0 Å². The molecule has 4 nitrogen and oxygen atoms in total. The Labute approximate surface area is 78.3 Å². The third kappa shape index (κ3) is 2.67. The summed E-state index contributed by atoms with van der Waals surface area (Å²) < 4.78 is 5.50. The van der Waals surface area contributed by atoms with E-state index >= 15 is 0 Å². The molecule has 0 bridgehead atoms. The number of oxime groups is 1. The van der Waals surface area contributed by atoms with E-state index in [1.165, 1.54) is 12.8 Å². The molecule has 2 aliphatic heterocycles. The van der Waals surface area contributed by atoms with Crippen molar-refractivity contribution in [3.63, 3.8) is 0 Å². The maximum Gasteiger partial charge on any atom is 0.143 e. The van der Waals surface area contributed by atoms with Crippen LogP contribution in [0.5, 0.6) is 0 Å². The van der Waals surface area contributed by atoms with E-state index in [0.717, 1.165) is 31.8 Å². The summed E-state index contributed by atoms with van der Waals surface area (Å²) in [6.45, 7) is 3.26. The van der Waals surface area contributed by atoms with Crippen molar-refractivity contribution < 1.29 is 9.57 Å². The Bertz CT molecular complexity index is 182. The van der Waals surface area contributed by atoms with Crippen molar-refractivity contribution in [1.82, 2.24) is 5.32 Å². The lowest BCUT2D eigenvalue weighted by Gasteiger charge is -2.22. The Morgan fingerprint density at radius 1 is 1.46 bits per heavy atom. The van der Waals surface area contributed by atoms with Gasteiger partial charge in [0.05, 0.1) is 11.8 Å². The molecule has 0 radical (unpaired) electrons. The SMILES string of the molecule is C1CC[C@H](CON=C2CNC2)OC1. The minimum Gasteiger partial charge on any atom is -0.393 e. The first-order valence-corrected chi connectivity index (χ1v) is 4.95. The first-order valence-electron chi connectivity index (χ1n) is 4.95. The summed E-state index contributed by atoms with van der Waals surface area (Å²) in [6, 6.07) is 0. The Kier molecular flexibility index (Phi) is 3.16. The maximum atomic E-state index is 5.50. The fourth-order valence-corrected chi connectivity index (χ4v) is 1.45. The molecule has 0 amide bonds. The lowest BCUT2D eigenvalue weighted by Crippen LogP contribution is -2.42. The monoisotopic (exact) mass is 184 g/mol. The van der Waals surface area contributed by atoms with E-state index in [1.807, 2.05) is 0 Å². The average Bonchev–Trinajstić information content (AvgIpc) is 2.11. The van der Waals surface area contributed by atoms with Crippen molar-refractivity contribution in [2.75, 3.05) is 26.3 Å². The Hall–Kier alpha value is -0.610. The van der Waals surface area contributed by atoms with Crippen LogP contribution in [0, 0.1) is 0 Å². The lowest BCUT2D eigenvalue weighted by atomic mass is 10.1. The first-order chi connectivity index (χ1) is 6.45. The molecule has 2 fully saturated rings. The van der Waals surface area contributed by atoms with Crippen LogP contribution < -0.4 is 5.32 Å². The van der Waals surface area contributed by atoms with E-state index in [4.69, 9.17) is 9.57 Å². The zero-order chi connectivity index (χ0) is 8.93. The Morgan fingerprint density at radius 2 is 2.38 bits per heavy atom. The molecule has 0 aromatic heterocycles. The Balaban J connectivity index is 1.60. The van der Waals surface area contributed by atoms with Gasteiger partial charge >= 0.3 is 0 Å². The second-order valence-electron chi connectivity index (χ2n) is 3.55. The van der Waals surface area contributed by atoms with Crippen LogP contribution in [0.3, 0.4) is 0 Å². The summed E-state index contributed by atoms with van der Waals surface area (Å²) in [6.07, 6.45) is 3.83. The quantitative estimate of drug-likeness (QED) is 0.651. The normalized spacial score (nSPS) is 28.0. The van der Waals surface area contributed by atoms with Crippen LogP contribution in [0.2, 0.25) is 0 Å². The second kappa shape index (κ2) is 4.58. The number of ether oxygens (including phenoxy) is 1. The van der Waals surface area contributed by atoms with E-state index in [-0.39, 0.29) is 6.10 Å². The number of hydrogen-bond acceptors (Lipinski definition) is 4. The van der Waals surface area contributed by atoms with Gasteiger partial charge in [-0.3, -0.25) is 0 Å². The zero-order valence-electron chi connectivity index (χ0n) is 7.79. The summed E-state index contributed by atoms with van der Waals surface area (Å²) in [4.78, 5) is 5.20. The molecule has 0 aromatic rings. The van der Waals surface area contributed by atoms with Gasteiger partial charge in [0, 0.05) is 19.7 Å². The van der Waals surface area contributed by atoms with Gasteiger partial charge in [-0.05, 0) is 19.3 Å². The topological polar surface area (TPSA) is 42.8 Å². The minimum atomic E-state index is 0.270. The van der Waals surface area contributed by atoms with Crippen molar-refractivity contribution in [2.24, 2.45) is 5.16 Å². The molecule has 0 aliphatic carbocycles. The van der Waals surface area contributed by atoms with Crippen LogP contribution in [0.15, 0.2) is 5.16 Å². The lowest BCUT2D eigenvalue weighted by molar-refractivity contribution is -0.0399. The number of rotatable bonds is 3. The molecule has 2 rings (SSSR count). The largest absolute Gasteiger partial charge is 0.393 e. The van der Waals surface area contributed by atoms with Gasteiger partial charge in [-0.15, -0.1) is 0 Å². The van der Waals surface area contributed by atoms with Crippen molar-refractivity contribution in [3.8, 4) is 0 Å². The molecule has 4 heteroatoms. The number of hydrogen-bond donors (Lipinski definition) is 1. The zero-order valence-corrected chi connectivity index (χ0v) is 7.79. The van der Waals surface area contributed by atoms with E-state index in [2.05, 4.69) is 10.5 Å². The summed E-state index contributed by atoms with van der Waals surface area (Å²) in [5.74, 6) is 0. The van der Waals surface area contributed by atoms with Crippen LogP contribution >= 0.6 is 0 Å². The molecule has 0 saturated carbocycles. The molecule has 74 valence electrons. The number of nitrogens with zero attached hydrogens (tertiary/aromatic N) is 1. The summed E-state index contributed by atoms with van der Waals surface area (Å²) in [7, 11) is 0. The number of nitrogens with one attached hydrogen (secondary N) is 1. The molecule has 0 aromatic carbocycles. The third-order valence-corrected chi connectivity index (χ3v) is 2.39. The van der Waals surface area contributed by atoms with Gasteiger partial charge in [0.2, 0.25) is 0 Å². The van der Waals surface area contributed by atoms with Gasteiger partial charge in [-0.1, -0.05) is 5.16 Å². The highest BCUT2D eigenvalue weighted by Gasteiger charge is 2.15. The fraction of sp³-hybridized carbons (Fsp3) is 0.889. The van der Waals surface area contributed by atoms with E-state index in [0.29, 0.717) is 6.61 Å². The fourth-order valence-electron chi connectivity index (χ4n) is 1.45. The highest BCUT2D eigenvalue weighted by Crippen LogP contribution is 2.12. The molecule has 1 N–H and O–H groups in total. The highest BCUT2D eigenvalue weighted by molar-refractivity contribution is 5.92. The smallest absolute Gasteiger partial charge is 0.143 e. The maximum absolute atomic E-state index is 5.50. The Morgan fingerprint density at radius 3 is 3.00 bits per heavy atom. The van der Waals surface area contributed by atoms with Gasteiger partial charge < -0.3 is 14.9 Å². The molecule has 1 atom stereocenters. The molecule has 0 unspecified atom stereocenters. The molecule has 2 aliphatic rings. The summed E-state index contributed by atoms with van der Waals surface area (Å²) in [5.41, 5.74) is 1.11. The van der Waals surface area contributed by atoms with E-state index in [9.17, 15) is 0 Å². The summed E-state index contributed by atoms with van der Waals surface area (Å²) in [5, 5.41) is 7.11. The van der Waals surface area contributed by atoms with Crippen molar-refractivity contribution in [3.05, 3.63) is 0 Å². The second-order valence-corrected chi connectivity index (χ2v) is 3.55. The molecule has 0 spiro atoms. The van der Waals surface area contributed by atoms with Crippen molar-refractivity contribution in [1.29, 1.82) is 0 Å². The summed E-state index contributed by atoms with van der Waals surface area (Å²) >= 11 is 0. The van der Waals surface area contributed by atoms with E-state index < -0.39 is 0 Å². The molecular formula is C9H16N2O2. The minimum absolute atomic E-state index is 0.270. The third-order valence-electron chi connectivity index (χ3n) is 2.39. The first kappa shape index (κ1) is 8.97. The predicted octanol–water partition coefficient (Wildman–Crippen LogP) is 0.531. The molecule has 2 saturated heterocycles. The van der Waals surface area contributed by atoms with Gasteiger partial charge in [0.1, 0.15) is 6.61 Å². The van der Waals surface area contributed by atoms with Gasteiger partial charge in [-0.2, -0.15) is 0 Å². The molecule has 2 heterocycles. The van der Waals surface area contributed by atoms with Crippen molar-refractivity contribution >= 4 is 5.71 Å². The van der Waals surface area contributed by atoms with Crippen LogP contribution in [0.1, 0.15) is 19.3 Å². The molecular weight excluding hydrogens is 168 g/mol. The van der Waals surface area contributed by atoms with Gasteiger partial charge in [-0.25, -0.2) is 0 Å². The van der Waals surface area contributed by atoms with Crippen LogP contribution in [-0.2, 0) is 9.57 Å². The standard InChI is InChI=1S/C9H16N2O2/c1-2-4-12-9(3-1)7-13-11-8-5-10-6-8/h9-10H,1-7H2/t9-/m1/s1. The van der Waals surface area contributed by atoms with Crippen LogP contribution in [0.4, 0.5) is 0 Å². The van der Waals surface area contributed by atoms with E-state index in [1.54, 1.807) is 0 Å². The molecule has 13 heavy (non-hydrogen) atoms. The van der Waals surface area contributed by atoms with Crippen molar-refractivity contribution in [2.45, 2.75) is 25.4 Å². The highest BCUT2D eigenvalue weighted by atomic mass is 16.6. The van der Waals surface area contributed by atoms with Gasteiger partial charge in [0.25, 0.3) is 0 Å². The predicted molar refractivity (Wildman–Crippen MR) is 49.8 cm³/mol.